The molecule has 0 saturated heterocycles. The van der Waals surface area contributed by atoms with Crippen molar-refractivity contribution in [2.24, 2.45) is 0 Å². The Hall–Kier alpha value is -1.22. The first-order valence-electron chi connectivity index (χ1n) is 3.83. The average Bonchev–Trinajstić information content (AvgIpc) is 2.15. The first-order chi connectivity index (χ1) is 6.24. The van der Waals surface area contributed by atoms with Crippen molar-refractivity contribution >= 4 is 17.1 Å². The fourth-order valence-electron chi connectivity index (χ4n) is 0.854. The maximum Gasteiger partial charge on any atom is 0.143 e. The minimum Gasteiger partial charge on any atom is -0.299 e. The van der Waals surface area contributed by atoms with Crippen LogP contribution >= 0.6 is 0 Å². The van der Waals surface area contributed by atoms with Gasteiger partial charge in [0.15, 0.2) is 0 Å². The molecule has 1 rings (SSSR count). The van der Waals surface area contributed by atoms with Crippen LogP contribution in [0.1, 0.15) is 5.56 Å². The summed E-state index contributed by atoms with van der Waals surface area (Å²) in [5, 5.41) is 1.37. The Morgan fingerprint density at radius 3 is 2.38 bits per heavy atom. The number of benzene rings is 1. The topological polar surface area (TPSA) is 34.1 Å². The summed E-state index contributed by atoms with van der Waals surface area (Å²) in [4.78, 5) is 10.7. The van der Waals surface area contributed by atoms with Gasteiger partial charge in [-0.3, -0.25) is 4.79 Å². The predicted molar refractivity (Wildman–Crippen MR) is 52.8 cm³/mol. The van der Waals surface area contributed by atoms with Crippen LogP contribution in [-0.4, -0.2) is 10.5 Å². The van der Waals surface area contributed by atoms with Crippen molar-refractivity contribution in [2.75, 3.05) is 0 Å². The molecule has 0 aliphatic rings. The minimum absolute atomic E-state index is 0.617. The van der Waals surface area contributed by atoms with E-state index in [9.17, 15) is 9.00 Å². The molecular weight excluding hydrogens is 184 g/mol. The van der Waals surface area contributed by atoms with Gasteiger partial charge < -0.3 is 0 Å². The van der Waals surface area contributed by atoms with Crippen LogP contribution in [0.4, 0.5) is 0 Å². The second kappa shape index (κ2) is 4.72. The van der Waals surface area contributed by atoms with Gasteiger partial charge in [0.2, 0.25) is 0 Å². The fourth-order valence-corrected chi connectivity index (χ4v) is 1.62. The van der Waals surface area contributed by atoms with Gasteiger partial charge in [-0.25, -0.2) is 4.21 Å². The Kier molecular flexibility index (Phi) is 3.58. The number of aryl methyl sites for hydroxylation is 1. The summed E-state index contributed by atoms with van der Waals surface area (Å²) in [6.45, 7) is 1.97. The molecule has 3 heteroatoms. The normalized spacial score (nSPS) is 13.0. The van der Waals surface area contributed by atoms with Crippen molar-refractivity contribution in [3.05, 3.63) is 41.3 Å². The van der Waals surface area contributed by atoms with Gasteiger partial charge in [-0.1, -0.05) is 17.7 Å². The molecule has 13 heavy (non-hydrogen) atoms. The lowest BCUT2D eigenvalue weighted by molar-refractivity contribution is -0.104. The maximum atomic E-state index is 11.4. The van der Waals surface area contributed by atoms with E-state index in [0.717, 1.165) is 5.56 Å². The summed E-state index contributed by atoms with van der Waals surface area (Å²) >= 11 is 0. The van der Waals surface area contributed by atoms with Gasteiger partial charge in [-0.15, -0.1) is 0 Å². The van der Waals surface area contributed by atoms with Crippen LogP contribution in [0, 0.1) is 6.92 Å². The van der Waals surface area contributed by atoms with Crippen molar-refractivity contribution in [2.45, 2.75) is 11.8 Å². The van der Waals surface area contributed by atoms with Crippen LogP contribution in [0.15, 0.2) is 40.6 Å². The highest BCUT2D eigenvalue weighted by Crippen LogP contribution is 2.08. The molecule has 1 aromatic carbocycles. The summed E-state index contributed by atoms with van der Waals surface area (Å²) in [5.74, 6) is 0. The highest BCUT2D eigenvalue weighted by atomic mass is 32.2. The van der Waals surface area contributed by atoms with E-state index in [-0.39, 0.29) is 0 Å². The Morgan fingerprint density at radius 1 is 1.23 bits per heavy atom. The van der Waals surface area contributed by atoms with Gasteiger partial charge in [0.25, 0.3) is 0 Å². The summed E-state index contributed by atoms with van der Waals surface area (Å²) in [7, 11) is -1.20. The zero-order valence-electron chi connectivity index (χ0n) is 7.27. The van der Waals surface area contributed by atoms with E-state index in [2.05, 4.69) is 0 Å². The second-order valence-electron chi connectivity index (χ2n) is 2.58. The summed E-state index contributed by atoms with van der Waals surface area (Å²) in [5.41, 5.74) is 1.13. The zero-order chi connectivity index (χ0) is 9.68. The quantitative estimate of drug-likeness (QED) is 0.543. The lowest BCUT2D eigenvalue weighted by atomic mass is 10.2. The van der Waals surface area contributed by atoms with Gasteiger partial charge in [-0.2, -0.15) is 0 Å². The molecule has 0 spiro atoms. The molecule has 1 atom stereocenters. The average molecular weight is 194 g/mol. The number of rotatable bonds is 3. The maximum absolute atomic E-state index is 11.4. The van der Waals surface area contributed by atoms with Crippen molar-refractivity contribution in [3.63, 3.8) is 0 Å². The monoisotopic (exact) mass is 194 g/mol. The molecule has 1 unspecified atom stereocenters. The largest absolute Gasteiger partial charge is 0.299 e. The summed E-state index contributed by atoms with van der Waals surface area (Å²) in [6.07, 6.45) is 1.86. The van der Waals surface area contributed by atoms with Crippen LogP contribution in [0.25, 0.3) is 0 Å². The molecule has 0 aromatic heterocycles. The van der Waals surface area contributed by atoms with Crippen LogP contribution in [0.5, 0.6) is 0 Å². The van der Waals surface area contributed by atoms with Crippen LogP contribution < -0.4 is 0 Å². The molecule has 0 bridgehead atoms. The molecule has 68 valence electrons. The lowest BCUT2D eigenvalue weighted by Crippen LogP contribution is -1.86. The third-order valence-electron chi connectivity index (χ3n) is 1.53. The summed E-state index contributed by atoms with van der Waals surface area (Å²) < 4.78 is 11.4. The highest BCUT2D eigenvalue weighted by molar-refractivity contribution is 7.88. The van der Waals surface area contributed by atoms with Gasteiger partial charge in [0, 0.05) is 10.3 Å². The van der Waals surface area contributed by atoms with E-state index >= 15 is 0 Å². The number of allylic oxidation sites excluding steroid dienone is 1. The van der Waals surface area contributed by atoms with Crippen molar-refractivity contribution in [1.29, 1.82) is 0 Å². The Labute approximate surface area is 79.7 Å². The second-order valence-corrected chi connectivity index (χ2v) is 3.91. The van der Waals surface area contributed by atoms with Crippen LogP contribution in [0.3, 0.4) is 0 Å². The number of hydrogen-bond donors (Lipinski definition) is 0. The molecule has 2 nitrogen and oxygen atoms in total. The highest BCUT2D eigenvalue weighted by Gasteiger charge is 1.97. The van der Waals surface area contributed by atoms with Gasteiger partial charge >= 0.3 is 0 Å². The molecule has 0 N–H and O–H groups in total. The Bertz CT molecular complexity index is 338. The molecular formula is C10H10O2S. The molecule has 1 aromatic rings. The SMILES string of the molecule is Cc1ccc(S(=O)/C=C/C=O)cc1. The summed E-state index contributed by atoms with van der Waals surface area (Å²) in [6, 6.07) is 7.37. The minimum atomic E-state index is -1.20. The molecule has 0 amide bonds. The molecule has 0 radical (unpaired) electrons. The first-order valence-corrected chi connectivity index (χ1v) is 5.04. The van der Waals surface area contributed by atoms with Crippen molar-refractivity contribution in [1.82, 2.24) is 0 Å². The van der Waals surface area contributed by atoms with Crippen molar-refractivity contribution in [3.8, 4) is 0 Å². The predicted octanol–water partition coefficient (Wildman–Crippen LogP) is 1.82. The number of carbonyl (C=O) groups is 1. The van der Waals surface area contributed by atoms with E-state index in [0.29, 0.717) is 11.2 Å². The van der Waals surface area contributed by atoms with Gasteiger partial charge in [-0.05, 0) is 25.1 Å². The van der Waals surface area contributed by atoms with Gasteiger partial charge in [0.05, 0.1) is 10.8 Å². The third-order valence-corrected chi connectivity index (χ3v) is 2.68. The molecule has 0 heterocycles. The molecule has 0 saturated carbocycles. The number of carbonyl (C=O) groups excluding carboxylic acids is 1. The van der Waals surface area contributed by atoms with E-state index in [1.54, 1.807) is 12.1 Å². The molecule has 0 fully saturated rings. The van der Waals surface area contributed by atoms with E-state index in [4.69, 9.17) is 0 Å². The lowest BCUT2D eigenvalue weighted by Gasteiger charge is -1.96. The molecule has 0 aliphatic carbocycles. The Balaban J connectivity index is 2.83. The number of aldehydes is 1. The van der Waals surface area contributed by atoms with Crippen molar-refractivity contribution < 1.29 is 9.00 Å². The van der Waals surface area contributed by atoms with Gasteiger partial charge in [0.1, 0.15) is 6.29 Å². The zero-order valence-corrected chi connectivity index (χ0v) is 8.08. The number of hydrogen-bond acceptors (Lipinski definition) is 2. The van der Waals surface area contributed by atoms with E-state index < -0.39 is 10.8 Å². The smallest absolute Gasteiger partial charge is 0.143 e. The molecule has 0 aliphatic heterocycles. The van der Waals surface area contributed by atoms with Crippen LogP contribution in [-0.2, 0) is 15.6 Å². The third kappa shape index (κ3) is 2.95. The fraction of sp³-hybridized carbons (Fsp3) is 0.100. The first kappa shape index (κ1) is 9.86. The van der Waals surface area contributed by atoms with E-state index in [1.807, 2.05) is 19.1 Å². The van der Waals surface area contributed by atoms with E-state index in [1.165, 1.54) is 11.5 Å². The standard InChI is InChI=1S/C10H10O2S/c1-9-3-5-10(6-4-9)13(12)8-2-7-11/h2-8H,1H3/b8-2+. The Morgan fingerprint density at radius 2 is 1.85 bits per heavy atom. The van der Waals surface area contributed by atoms with Crippen LogP contribution in [0.2, 0.25) is 0 Å².